The third-order valence-corrected chi connectivity index (χ3v) is 4.55. The third kappa shape index (κ3) is 7.36. The van der Waals surface area contributed by atoms with E-state index < -0.39 is 0 Å². The van der Waals surface area contributed by atoms with Crippen molar-refractivity contribution in [3.8, 4) is 0 Å². The minimum Gasteiger partial charge on any atom is -0.466 e. The second-order valence-electron chi connectivity index (χ2n) is 6.12. The Labute approximate surface area is 155 Å². The van der Waals surface area contributed by atoms with Gasteiger partial charge in [0.25, 0.3) is 0 Å². The Morgan fingerprint density at radius 2 is 2.24 bits per heavy atom. The quantitative estimate of drug-likeness (QED) is 0.450. The number of ether oxygens (including phenoxy) is 1. The highest BCUT2D eigenvalue weighted by Gasteiger charge is 2.17. The molecule has 0 amide bonds. The molecule has 1 fully saturated rings. The standard InChI is InChI=1S/C18H28N4O2S/c1-2-24-17(23)7-4-9-20-18(25)22-11-5-10-21(12-13-22)15-16-6-3-8-19-14-16/h3,6,8,14H,2,4-5,7,9-13,15H2,1H3,(H,20,25). The summed E-state index contributed by atoms with van der Waals surface area (Å²) in [5, 5.41) is 4.05. The van der Waals surface area contributed by atoms with E-state index in [0.717, 1.165) is 50.7 Å². The largest absolute Gasteiger partial charge is 0.466 e. The maximum atomic E-state index is 11.3. The molecule has 1 aromatic heterocycles. The lowest BCUT2D eigenvalue weighted by molar-refractivity contribution is -0.143. The molecule has 0 radical (unpaired) electrons. The van der Waals surface area contributed by atoms with Gasteiger partial charge in [-0.25, -0.2) is 0 Å². The normalized spacial score (nSPS) is 15.5. The number of thiocarbonyl (C=S) groups is 1. The van der Waals surface area contributed by atoms with E-state index in [0.29, 0.717) is 19.6 Å². The topological polar surface area (TPSA) is 57.7 Å². The van der Waals surface area contributed by atoms with Gasteiger partial charge in [-0.1, -0.05) is 6.07 Å². The fourth-order valence-electron chi connectivity index (χ4n) is 2.85. The van der Waals surface area contributed by atoms with Crippen LogP contribution in [0.1, 0.15) is 31.7 Å². The number of nitrogens with one attached hydrogen (secondary N) is 1. The van der Waals surface area contributed by atoms with Crippen molar-refractivity contribution in [2.45, 2.75) is 32.7 Å². The molecule has 7 heteroatoms. The predicted octanol–water partition coefficient (Wildman–Crippen LogP) is 1.81. The molecule has 1 aliphatic heterocycles. The number of carbonyl (C=O) groups is 1. The van der Waals surface area contributed by atoms with Gasteiger partial charge in [0.15, 0.2) is 5.11 Å². The summed E-state index contributed by atoms with van der Waals surface area (Å²) in [6.45, 7) is 7.83. The molecule has 0 spiro atoms. The number of hydrogen-bond acceptors (Lipinski definition) is 5. The number of nitrogens with zero attached hydrogens (tertiary/aromatic N) is 3. The number of rotatable bonds is 7. The van der Waals surface area contributed by atoms with Crippen LogP contribution in [0.3, 0.4) is 0 Å². The number of esters is 1. The summed E-state index contributed by atoms with van der Waals surface area (Å²) in [7, 11) is 0. The predicted molar refractivity (Wildman–Crippen MR) is 102 cm³/mol. The maximum Gasteiger partial charge on any atom is 0.305 e. The highest BCUT2D eigenvalue weighted by Crippen LogP contribution is 2.08. The van der Waals surface area contributed by atoms with Crippen LogP contribution in [0.25, 0.3) is 0 Å². The molecule has 2 rings (SSSR count). The molecule has 1 aliphatic rings. The van der Waals surface area contributed by atoms with E-state index in [-0.39, 0.29) is 5.97 Å². The Morgan fingerprint density at radius 3 is 3.00 bits per heavy atom. The summed E-state index contributed by atoms with van der Waals surface area (Å²) < 4.78 is 4.92. The molecule has 0 bridgehead atoms. The SMILES string of the molecule is CCOC(=O)CCCNC(=S)N1CCCN(Cc2cccnc2)CC1. The first-order chi connectivity index (χ1) is 12.2. The van der Waals surface area contributed by atoms with E-state index in [1.54, 1.807) is 6.20 Å². The fourth-order valence-corrected chi connectivity index (χ4v) is 3.14. The third-order valence-electron chi connectivity index (χ3n) is 4.14. The first-order valence-corrected chi connectivity index (χ1v) is 9.39. The summed E-state index contributed by atoms with van der Waals surface area (Å²) in [6.07, 6.45) is 5.99. The van der Waals surface area contributed by atoms with Crippen molar-refractivity contribution < 1.29 is 9.53 Å². The lowest BCUT2D eigenvalue weighted by atomic mass is 10.2. The Morgan fingerprint density at radius 1 is 1.36 bits per heavy atom. The van der Waals surface area contributed by atoms with Crippen molar-refractivity contribution in [3.05, 3.63) is 30.1 Å². The van der Waals surface area contributed by atoms with E-state index in [2.05, 4.69) is 26.2 Å². The van der Waals surface area contributed by atoms with Crippen molar-refractivity contribution in [1.29, 1.82) is 0 Å². The lowest BCUT2D eigenvalue weighted by Crippen LogP contribution is -2.42. The Kier molecular flexibility index (Phi) is 8.62. The zero-order valence-corrected chi connectivity index (χ0v) is 15.8. The second-order valence-corrected chi connectivity index (χ2v) is 6.51. The van der Waals surface area contributed by atoms with E-state index in [9.17, 15) is 4.79 Å². The number of aromatic nitrogens is 1. The van der Waals surface area contributed by atoms with Gasteiger partial charge in [-0.3, -0.25) is 14.7 Å². The van der Waals surface area contributed by atoms with Crippen molar-refractivity contribution in [2.24, 2.45) is 0 Å². The molecule has 1 aromatic rings. The molecule has 1 N–H and O–H groups in total. The van der Waals surface area contributed by atoms with Crippen LogP contribution in [0, 0.1) is 0 Å². The van der Waals surface area contributed by atoms with Gasteiger partial charge in [-0.2, -0.15) is 0 Å². The Hall–Kier alpha value is -1.73. The van der Waals surface area contributed by atoms with Crippen LogP contribution in [-0.2, 0) is 16.1 Å². The van der Waals surface area contributed by atoms with Gasteiger partial charge in [0.2, 0.25) is 0 Å². The summed E-state index contributed by atoms with van der Waals surface area (Å²) in [6, 6.07) is 4.10. The van der Waals surface area contributed by atoms with Gasteiger partial charge in [0.05, 0.1) is 6.61 Å². The van der Waals surface area contributed by atoms with Crippen LogP contribution in [0.2, 0.25) is 0 Å². The summed E-state index contributed by atoms with van der Waals surface area (Å²) in [5.74, 6) is -0.143. The molecule has 25 heavy (non-hydrogen) atoms. The van der Waals surface area contributed by atoms with Crippen LogP contribution in [0.5, 0.6) is 0 Å². The zero-order valence-electron chi connectivity index (χ0n) is 14.9. The van der Waals surface area contributed by atoms with Crippen molar-refractivity contribution in [2.75, 3.05) is 39.3 Å². The van der Waals surface area contributed by atoms with Crippen LogP contribution < -0.4 is 5.32 Å². The maximum absolute atomic E-state index is 11.3. The molecular formula is C18H28N4O2S. The van der Waals surface area contributed by atoms with Crippen molar-refractivity contribution in [3.63, 3.8) is 0 Å². The van der Waals surface area contributed by atoms with Crippen LogP contribution in [-0.4, -0.2) is 65.2 Å². The average molecular weight is 365 g/mol. The van der Waals surface area contributed by atoms with Crippen LogP contribution in [0.15, 0.2) is 24.5 Å². The number of carbonyl (C=O) groups excluding carboxylic acids is 1. The molecule has 1 saturated heterocycles. The molecule has 2 heterocycles. The minimum absolute atomic E-state index is 0.143. The summed E-state index contributed by atoms with van der Waals surface area (Å²) in [5.41, 5.74) is 1.25. The van der Waals surface area contributed by atoms with Crippen molar-refractivity contribution >= 4 is 23.3 Å². The van der Waals surface area contributed by atoms with Gasteiger partial charge in [-0.15, -0.1) is 0 Å². The van der Waals surface area contributed by atoms with Gasteiger partial charge in [0, 0.05) is 58.1 Å². The molecule has 0 unspecified atom stereocenters. The lowest BCUT2D eigenvalue weighted by Gasteiger charge is -2.24. The fraction of sp³-hybridized carbons (Fsp3) is 0.611. The number of pyridine rings is 1. The van der Waals surface area contributed by atoms with Gasteiger partial charge in [-0.05, 0) is 43.6 Å². The van der Waals surface area contributed by atoms with E-state index in [1.807, 2.05) is 19.2 Å². The van der Waals surface area contributed by atoms with E-state index in [1.165, 1.54) is 5.56 Å². The van der Waals surface area contributed by atoms with Gasteiger partial charge in [0.1, 0.15) is 0 Å². The molecule has 0 aromatic carbocycles. The smallest absolute Gasteiger partial charge is 0.305 e. The van der Waals surface area contributed by atoms with E-state index in [4.69, 9.17) is 17.0 Å². The molecule has 0 saturated carbocycles. The Balaban J connectivity index is 1.67. The summed E-state index contributed by atoms with van der Waals surface area (Å²) >= 11 is 5.50. The van der Waals surface area contributed by atoms with Gasteiger partial charge >= 0.3 is 5.97 Å². The summed E-state index contributed by atoms with van der Waals surface area (Å²) in [4.78, 5) is 20.2. The zero-order chi connectivity index (χ0) is 17.9. The average Bonchev–Trinajstić information content (AvgIpc) is 2.85. The number of hydrogen-bond donors (Lipinski definition) is 1. The second kappa shape index (κ2) is 11.0. The molecule has 0 aliphatic carbocycles. The van der Waals surface area contributed by atoms with Crippen LogP contribution >= 0.6 is 12.2 Å². The first kappa shape index (κ1) is 19.6. The van der Waals surface area contributed by atoms with Gasteiger partial charge < -0.3 is 15.0 Å². The van der Waals surface area contributed by atoms with E-state index >= 15 is 0 Å². The van der Waals surface area contributed by atoms with Crippen LogP contribution in [0.4, 0.5) is 0 Å². The van der Waals surface area contributed by atoms with Crippen molar-refractivity contribution in [1.82, 2.24) is 20.1 Å². The molecule has 138 valence electrons. The molecule has 6 nitrogen and oxygen atoms in total. The molecular weight excluding hydrogens is 336 g/mol. The highest BCUT2D eigenvalue weighted by molar-refractivity contribution is 7.80. The Bertz CT molecular complexity index is 541. The monoisotopic (exact) mass is 364 g/mol. The first-order valence-electron chi connectivity index (χ1n) is 8.98. The highest BCUT2D eigenvalue weighted by atomic mass is 32.1. The minimum atomic E-state index is -0.143. The molecule has 0 atom stereocenters.